The predicted molar refractivity (Wildman–Crippen MR) is 51.7 cm³/mol. The van der Waals surface area contributed by atoms with Gasteiger partial charge in [-0.15, -0.1) is 0 Å². The molecule has 1 N–H and O–H groups in total. The first-order chi connectivity index (χ1) is 6.36. The largest absolute Gasteiger partial charge is 0.353 e. The number of aromatic nitrogens is 2. The van der Waals surface area contributed by atoms with Crippen LogP contribution in [0.25, 0.3) is 0 Å². The lowest BCUT2D eigenvalue weighted by Gasteiger charge is -2.32. The maximum absolute atomic E-state index is 4.27. The number of anilines is 1. The topological polar surface area (TPSA) is 41.1 Å². The molecule has 0 radical (unpaired) electrons. The molecule has 4 heteroatoms. The van der Waals surface area contributed by atoms with Crippen LogP contribution in [-0.4, -0.2) is 35.6 Å². The Balaban J connectivity index is 2.08. The highest BCUT2D eigenvalue weighted by Crippen LogP contribution is 2.09. The molecule has 1 atom stereocenters. The lowest BCUT2D eigenvalue weighted by molar-refractivity contribution is 0.482. The van der Waals surface area contributed by atoms with Gasteiger partial charge in [-0.05, 0) is 6.92 Å². The van der Waals surface area contributed by atoms with Crippen LogP contribution in [0.15, 0.2) is 18.6 Å². The van der Waals surface area contributed by atoms with Crippen LogP contribution in [0.4, 0.5) is 5.82 Å². The molecular formula is C9H14N4. The third kappa shape index (κ3) is 1.95. The van der Waals surface area contributed by atoms with Crippen molar-refractivity contribution < 1.29 is 0 Å². The normalized spacial score (nSPS) is 23.2. The molecule has 0 aliphatic carbocycles. The van der Waals surface area contributed by atoms with Crippen molar-refractivity contribution in [3.05, 3.63) is 18.6 Å². The molecule has 2 rings (SSSR count). The molecule has 1 fully saturated rings. The van der Waals surface area contributed by atoms with Gasteiger partial charge in [0.15, 0.2) is 0 Å². The van der Waals surface area contributed by atoms with Gasteiger partial charge in [-0.1, -0.05) is 0 Å². The van der Waals surface area contributed by atoms with Crippen molar-refractivity contribution >= 4 is 5.82 Å². The fraction of sp³-hybridized carbons (Fsp3) is 0.556. The minimum atomic E-state index is 0.538. The molecule has 0 spiro atoms. The molecule has 70 valence electrons. The van der Waals surface area contributed by atoms with E-state index in [2.05, 4.69) is 27.1 Å². The highest BCUT2D eigenvalue weighted by atomic mass is 15.2. The molecule has 1 aromatic heterocycles. The zero-order valence-electron chi connectivity index (χ0n) is 7.77. The van der Waals surface area contributed by atoms with Crippen LogP contribution in [0.1, 0.15) is 6.92 Å². The molecule has 0 aromatic carbocycles. The van der Waals surface area contributed by atoms with Crippen molar-refractivity contribution in [3.63, 3.8) is 0 Å². The monoisotopic (exact) mass is 178 g/mol. The quantitative estimate of drug-likeness (QED) is 0.670. The number of nitrogens with one attached hydrogen (secondary N) is 1. The van der Waals surface area contributed by atoms with E-state index in [9.17, 15) is 0 Å². The first kappa shape index (κ1) is 8.44. The van der Waals surface area contributed by atoms with Crippen LogP contribution in [0.2, 0.25) is 0 Å². The van der Waals surface area contributed by atoms with Crippen molar-refractivity contribution in [3.8, 4) is 0 Å². The predicted octanol–water partition coefficient (Wildman–Crippen LogP) is 0.275. The van der Waals surface area contributed by atoms with E-state index in [4.69, 9.17) is 0 Å². The minimum Gasteiger partial charge on any atom is -0.353 e. The highest BCUT2D eigenvalue weighted by Gasteiger charge is 2.16. The van der Waals surface area contributed by atoms with Gasteiger partial charge < -0.3 is 10.2 Å². The van der Waals surface area contributed by atoms with Gasteiger partial charge in [-0.2, -0.15) is 0 Å². The van der Waals surface area contributed by atoms with Crippen LogP contribution in [0, 0.1) is 0 Å². The Morgan fingerprint density at radius 3 is 3.15 bits per heavy atom. The maximum atomic E-state index is 4.27. The van der Waals surface area contributed by atoms with Crippen LogP contribution in [0.5, 0.6) is 0 Å². The molecule has 1 saturated heterocycles. The van der Waals surface area contributed by atoms with Gasteiger partial charge in [0.25, 0.3) is 0 Å². The summed E-state index contributed by atoms with van der Waals surface area (Å²) in [6, 6.07) is 0.538. The standard InChI is InChI=1S/C9H14N4/c1-8-7-13(5-4-11-8)9-6-10-2-3-12-9/h2-3,6,8,11H,4-5,7H2,1H3/t8-/m1/s1. The van der Waals surface area contributed by atoms with Crippen molar-refractivity contribution in [2.75, 3.05) is 24.5 Å². The summed E-state index contributed by atoms with van der Waals surface area (Å²) in [5.41, 5.74) is 0. The first-order valence-corrected chi connectivity index (χ1v) is 4.60. The second-order valence-electron chi connectivity index (χ2n) is 3.36. The number of nitrogens with zero attached hydrogens (tertiary/aromatic N) is 3. The first-order valence-electron chi connectivity index (χ1n) is 4.60. The molecule has 2 heterocycles. The van der Waals surface area contributed by atoms with Gasteiger partial charge in [-0.25, -0.2) is 4.98 Å². The van der Waals surface area contributed by atoms with E-state index >= 15 is 0 Å². The summed E-state index contributed by atoms with van der Waals surface area (Å²) in [5, 5.41) is 3.39. The second-order valence-corrected chi connectivity index (χ2v) is 3.36. The van der Waals surface area contributed by atoms with E-state index in [1.807, 2.05) is 6.20 Å². The van der Waals surface area contributed by atoms with Gasteiger partial charge in [-0.3, -0.25) is 4.98 Å². The molecule has 1 aliphatic heterocycles. The summed E-state index contributed by atoms with van der Waals surface area (Å²) in [7, 11) is 0. The molecule has 4 nitrogen and oxygen atoms in total. The maximum Gasteiger partial charge on any atom is 0.147 e. The lowest BCUT2D eigenvalue weighted by atomic mass is 10.2. The summed E-state index contributed by atoms with van der Waals surface area (Å²) >= 11 is 0. The van der Waals surface area contributed by atoms with Crippen molar-refractivity contribution in [1.29, 1.82) is 0 Å². The Hall–Kier alpha value is -1.16. The fourth-order valence-electron chi connectivity index (χ4n) is 1.59. The lowest BCUT2D eigenvalue weighted by Crippen LogP contribution is -2.49. The van der Waals surface area contributed by atoms with Crippen LogP contribution in [0.3, 0.4) is 0 Å². The van der Waals surface area contributed by atoms with Crippen molar-refractivity contribution in [2.24, 2.45) is 0 Å². The molecule has 0 amide bonds. The molecule has 0 unspecified atom stereocenters. The van der Waals surface area contributed by atoms with Crippen LogP contribution < -0.4 is 10.2 Å². The molecule has 1 aliphatic rings. The van der Waals surface area contributed by atoms with Crippen LogP contribution >= 0.6 is 0 Å². The van der Waals surface area contributed by atoms with Crippen molar-refractivity contribution in [1.82, 2.24) is 15.3 Å². The van der Waals surface area contributed by atoms with Gasteiger partial charge >= 0.3 is 0 Å². The van der Waals surface area contributed by atoms with Gasteiger partial charge in [0.05, 0.1) is 6.20 Å². The number of piperazine rings is 1. The minimum absolute atomic E-state index is 0.538. The average Bonchev–Trinajstić information content (AvgIpc) is 2.19. The molecule has 0 saturated carbocycles. The molecule has 0 bridgehead atoms. The van der Waals surface area contributed by atoms with Gasteiger partial charge in [0, 0.05) is 38.1 Å². The zero-order chi connectivity index (χ0) is 9.10. The van der Waals surface area contributed by atoms with E-state index in [1.54, 1.807) is 12.4 Å². The van der Waals surface area contributed by atoms with E-state index in [1.165, 1.54) is 0 Å². The van der Waals surface area contributed by atoms with Gasteiger partial charge in [0.2, 0.25) is 0 Å². The second kappa shape index (κ2) is 3.70. The average molecular weight is 178 g/mol. The van der Waals surface area contributed by atoms with E-state index in [0.717, 1.165) is 25.5 Å². The highest BCUT2D eigenvalue weighted by molar-refractivity contribution is 5.35. The Morgan fingerprint density at radius 1 is 1.54 bits per heavy atom. The van der Waals surface area contributed by atoms with Crippen LogP contribution in [-0.2, 0) is 0 Å². The third-order valence-electron chi connectivity index (χ3n) is 2.24. The molecular weight excluding hydrogens is 164 g/mol. The fourth-order valence-corrected chi connectivity index (χ4v) is 1.59. The molecule has 1 aromatic rings. The number of hydrogen-bond acceptors (Lipinski definition) is 4. The SMILES string of the molecule is C[C@@H]1CN(c2cnccn2)CCN1. The van der Waals surface area contributed by atoms with Crippen molar-refractivity contribution in [2.45, 2.75) is 13.0 Å². The smallest absolute Gasteiger partial charge is 0.147 e. The van der Waals surface area contributed by atoms with E-state index < -0.39 is 0 Å². The summed E-state index contributed by atoms with van der Waals surface area (Å²) in [4.78, 5) is 10.6. The van der Waals surface area contributed by atoms with E-state index in [0.29, 0.717) is 6.04 Å². The summed E-state index contributed by atoms with van der Waals surface area (Å²) in [5.74, 6) is 0.982. The Labute approximate surface area is 78.0 Å². The number of rotatable bonds is 1. The Morgan fingerprint density at radius 2 is 2.46 bits per heavy atom. The summed E-state index contributed by atoms with van der Waals surface area (Å²) in [6.45, 7) is 5.24. The number of hydrogen-bond donors (Lipinski definition) is 1. The summed E-state index contributed by atoms with van der Waals surface area (Å²) in [6.07, 6.45) is 5.26. The third-order valence-corrected chi connectivity index (χ3v) is 2.24. The molecule has 13 heavy (non-hydrogen) atoms. The van der Waals surface area contributed by atoms with E-state index in [-0.39, 0.29) is 0 Å². The Bertz CT molecular complexity index is 262. The Kier molecular flexibility index (Phi) is 2.40. The zero-order valence-corrected chi connectivity index (χ0v) is 7.77. The van der Waals surface area contributed by atoms with Gasteiger partial charge in [0.1, 0.15) is 5.82 Å². The summed E-state index contributed by atoms with van der Waals surface area (Å²) < 4.78 is 0.